The molecule has 4 aromatic rings. The van der Waals surface area contributed by atoms with Crippen LogP contribution >= 0.6 is 0 Å². The molecule has 4 heterocycles. The topological polar surface area (TPSA) is 139 Å². The number of nitrogens with one attached hydrogen (secondary N) is 2. The number of carbonyl (C=O) groups excluding carboxylic acids is 2. The van der Waals surface area contributed by atoms with E-state index in [4.69, 9.17) is 10.7 Å². The van der Waals surface area contributed by atoms with Crippen LogP contribution in [0.2, 0.25) is 0 Å². The molecule has 0 aliphatic carbocycles. The summed E-state index contributed by atoms with van der Waals surface area (Å²) in [6, 6.07) is 12.5. The Kier molecular flexibility index (Phi) is 9.43. The molecule has 0 unspecified atom stereocenters. The summed E-state index contributed by atoms with van der Waals surface area (Å²) in [7, 11) is 0. The standard InChI is InChI=1S/C35H27F7N8O2/c36-24-6-4-23(5-7-24)33(11-1-12-34(37,38)39)31(52)50(32(44)48-33)17-20-2-9-27(35(40,41)42)26(14-20)30(51)49-18-22-16-46-29(47-28(22)19-49)21-3-8-25(10-13-43)45-15-21/h2-9,14-16H,1,10-12,17-19H2,(H2,44,48)/t33-/m1/s1. The smallest absolute Gasteiger partial charge is 0.338 e. The second-order valence-corrected chi connectivity index (χ2v) is 12.3. The monoisotopic (exact) mass is 724 g/mol. The molecule has 2 aromatic heterocycles. The van der Waals surface area contributed by atoms with Crippen molar-refractivity contribution in [2.75, 3.05) is 0 Å². The number of aromatic nitrogens is 3. The second kappa shape index (κ2) is 13.7. The van der Waals surface area contributed by atoms with Crippen LogP contribution < -0.4 is 5.32 Å². The largest absolute Gasteiger partial charge is 0.417 e. The fraction of sp³-hybridized carbons (Fsp3) is 0.286. The van der Waals surface area contributed by atoms with Crippen molar-refractivity contribution in [1.29, 1.82) is 10.7 Å². The Morgan fingerprint density at radius 2 is 1.75 bits per heavy atom. The Morgan fingerprint density at radius 1 is 1.00 bits per heavy atom. The van der Waals surface area contributed by atoms with E-state index in [1.165, 1.54) is 24.5 Å². The molecule has 268 valence electrons. The van der Waals surface area contributed by atoms with Crippen LogP contribution in [-0.4, -0.2) is 48.7 Å². The first-order valence-corrected chi connectivity index (χ1v) is 15.8. The highest BCUT2D eigenvalue weighted by Crippen LogP contribution is 2.38. The minimum Gasteiger partial charge on any atom is -0.338 e. The van der Waals surface area contributed by atoms with E-state index in [9.17, 15) is 40.3 Å². The predicted octanol–water partition coefficient (Wildman–Crippen LogP) is 6.41. The lowest BCUT2D eigenvalue weighted by molar-refractivity contribution is -0.140. The van der Waals surface area contributed by atoms with Gasteiger partial charge in [0, 0.05) is 36.5 Å². The summed E-state index contributed by atoms with van der Waals surface area (Å²) in [6.45, 7) is -0.726. The van der Waals surface area contributed by atoms with Gasteiger partial charge in [0.05, 0.1) is 48.1 Å². The van der Waals surface area contributed by atoms with Gasteiger partial charge >= 0.3 is 12.4 Å². The van der Waals surface area contributed by atoms with E-state index in [0.29, 0.717) is 28.6 Å². The highest BCUT2D eigenvalue weighted by molar-refractivity contribution is 6.08. The Hall–Kier alpha value is -5.92. The lowest BCUT2D eigenvalue weighted by Crippen LogP contribution is -2.44. The number of guanidine groups is 1. The number of alkyl halides is 6. The number of hydrogen-bond donors (Lipinski definition) is 2. The summed E-state index contributed by atoms with van der Waals surface area (Å²) in [5, 5.41) is 20.0. The molecule has 0 radical (unpaired) electrons. The maximum absolute atomic E-state index is 14.2. The van der Waals surface area contributed by atoms with Crippen molar-refractivity contribution in [1.82, 2.24) is 30.1 Å². The van der Waals surface area contributed by atoms with Gasteiger partial charge in [0.1, 0.15) is 11.4 Å². The third-order valence-electron chi connectivity index (χ3n) is 8.81. The molecule has 2 aliphatic rings. The Bertz CT molecular complexity index is 2080. The van der Waals surface area contributed by atoms with Crippen LogP contribution in [0.15, 0.2) is 67.0 Å². The normalized spacial score (nSPS) is 17.3. The highest BCUT2D eigenvalue weighted by Gasteiger charge is 2.51. The van der Waals surface area contributed by atoms with Crippen LogP contribution in [0.5, 0.6) is 0 Å². The number of amides is 2. The molecule has 1 atom stereocenters. The summed E-state index contributed by atoms with van der Waals surface area (Å²) in [5.74, 6) is -2.78. The summed E-state index contributed by atoms with van der Waals surface area (Å²) in [4.78, 5) is 42.7. The van der Waals surface area contributed by atoms with E-state index >= 15 is 0 Å². The first kappa shape index (κ1) is 35.9. The minimum absolute atomic E-state index is 0.0348. The molecule has 1 saturated heterocycles. The first-order valence-electron chi connectivity index (χ1n) is 15.8. The summed E-state index contributed by atoms with van der Waals surface area (Å²) in [5.41, 5.74) is -1.70. The van der Waals surface area contributed by atoms with Crippen LogP contribution in [0.4, 0.5) is 30.7 Å². The maximum Gasteiger partial charge on any atom is 0.417 e. The van der Waals surface area contributed by atoms with Gasteiger partial charge in [-0.15, -0.1) is 0 Å². The van der Waals surface area contributed by atoms with Crippen LogP contribution in [0.25, 0.3) is 11.4 Å². The number of hydrogen-bond acceptors (Lipinski definition) is 7. The number of fused-ring (bicyclic) bond motifs is 1. The Morgan fingerprint density at radius 3 is 2.40 bits per heavy atom. The molecule has 2 N–H and O–H groups in total. The zero-order valence-electron chi connectivity index (χ0n) is 26.9. The molecule has 1 fully saturated rings. The van der Waals surface area contributed by atoms with Gasteiger partial charge in [0.2, 0.25) is 0 Å². The number of nitrogens with zero attached hydrogens (tertiary/aromatic N) is 6. The van der Waals surface area contributed by atoms with Crippen molar-refractivity contribution in [2.45, 2.75) is 63.2 Å². The van der Waals surface area contributed by atoms with Gasteiger partial charge < -0.3 is 10.2 Å². The molecular weight excluding hydrogens is 697 g/mol. The van der Waals surface area contributed by atoms with Crippen molar-refractivity contribution in [2.24, 2.45) is 0 Å². The van der Waals surface area contributed by atoms with E-state index in [-0.39, 0.29) is 36.5 Å². The fourth-order valence-corrected chi connectivity index (χ4v) is 6.25. The van der Waals surface area contributed by atoms with Crippen LogP contribution in [-0.2, 0) is 42.6 Å². The SMILES string of the molecule is N#CCc1ccc(-c2ncc3c(n2)CN(C(=O)c2cc(CN4C(=N)N[C@](CCCC(F)(F)F)(c5ccc(F)cc5)C4=O)ccc2C(F)(F)F)C3)cn1. The Balaban J connectivity index is 1.25. The maximum atomic E-state index is 14.2. The molecule has 0 saturated carbocycles. The van der Waals surface area contributed by atoms with Crippen molar-refractivity contribution < 1.29 is 40.3 Å². The van der Waals surface area contributed by atoms with Gasteiger partial charge in [-0.05, 0) is 60.4 Å². The molecule has 52 heavy (non-hydrogen) atoms. The van der Waals surface area contributed by atoms with Gasteiger partial charge in [-0.3, -0.25) is 24.9 Å². The molecule has 0 bridgehead atoms. The molecule has 2 amide bonds. The molecule has 10 nitrogen and oxygen atoms in total. The quantitative estimate of drug-likeness (QED) is 0.190. The second-order valence-electron chi connectivity index (χ2n) is 12.3. The molecule has 0 spiro atoms. The predicted molar refractivity (Wildman–Crippen MR) is 169 cm³/mol. The molecule has 17 heteroatoms. The van der Waals surface area contributed by atoms with Gasteiger partial charge in [0.15, 0.2) is 11.8 Å². The van der Waals surface area contributed by atoms with E-state index in [1.807, 2.05) is 6.07 Å². The van der Waals surface area contributed by atoms with E-state index < -0.39 is 78.4 Å². The summed E-state index contributed by atoms with van der Waals surface area (Å²) in [6.07, 6.45) is -8.58. The van der Waals surface area contributed by atoms with Crippen LogP contribution in [0.1, 0.15) is 63.3 Å². The zero-order valence-corrected chi connectivity index (χ0v) is 26.9. The van der Waals surface area contributed by atoms with E-state index in [2.05, 4.69) is 20.3 Å². The average Bonchev–Trinajstić information content (AvgIpc) is 3.62. The van der Waals surface area contributed by atoms with Gasteiger partial charge in [-0.1, -0.05) is 18.2 Å². The van der Waals surface area contributed by atoms with Crippen molar-refractivity contribution in [3.8, 4) is 17.5 Å². The van der Waals surface area contributed by atoms with Crippen LogP contribution in [0.3, 0.4) is 0 Å². The van der Waals surface area contributed by atoms with Gasteiger partial charge in [-0.2, -0.15) is 31.6 Å². The number of halogens is 7. The molecule has 6 rings (SSSR count). The molecule has 2 aromatic carbocycles. The highest BCUT2D eigenvalue weighted by atomic mass is 19.4. The number of carbonyl (C=O) groups is 2. The third-order valence-corrected chi connectivity index (χ3v) is 8.81. The van der Waals surface area contributed by atoms with Gasteiger partial charge in [-0.25, -0.2) is 14.4 Å². The summed E-state index contributed by atoms with van der Waals surface area (Å²) < 4.78 is 95.5. The van der Waals surface area contributed by atoms with Crippen LogP contribution in [0, 0.1) is 22.6 Å². The number of rotatable bonds is 9. The van der Waals surface area contributed by atoms with E-state index in [0.717, 1.165) is 34.1 Å². The lowest BCUT2D eigenvalue weighted by Gasteiger charge is -2.28. The van der Waals surface area contributed by atoms with Crippen molar-refractivity contribution in [3.63, 3.8) is 0 Å². The first-order chi connectivity index (χ1) is 24.6. The number of nitriles is 1. The third kappa shape index (κ3) is 7.27. The van der Waals surface area contributed by atoms with Crippen molar-refractivity contribution in [3.05, 3.63) is 112 Å². The number of benzene rings is 2. The van der Waals surface area contributed by atoms with Crippen molar-refractivity contribution >= 4 is 17.8 Å². The van der Waals surface area contributed by atoms with Gasteiger partial charge in [0.25, 0.3) is 11.8 Å². The fourth-order valence-electron chi connectivity index (χ4n) is 6.25. The number of pyridine rings is 1. The summed E-state index contributed by atoms with van der Waals surface area (Å²) >= 11 is 0. The molecule has 2 aliphatic heterocycles. The zero-order chi connectivity index (χ0) is 37.4. The lowest BCUT2D eigenvalue weighted by atomic mass is 9.84. The Labute approximate surface area is 291 Å². The average molecular weight is 725 g/mol. The minimum atomic E-state index is -4.94. The molecular formula is C35H27F7N8O2. The van der Waals surface area contributed by atoms with E-state index in [1.54, 1.807) is 12.1 Å².